The Morgan fingerprint density at radius 1 is 1.13 bits per heavy atom. The summed E-state index contributed by atoms with van der Waals surface area (Å²) in [6.07, 6.45) is 0. The number of nitrogens with one attached hydrogen (secondary N) is 1. The van der Waals surface area contributed by atoms with Crippen LogP contribution in [0.4, 0.5) is 0 Å². The van der Waals surface area contributed by atoms with Gasteiger partial charge in [-0.3, -0.25) is 0 Å². The van der Waals surface area contributed by atoms with Gasteiger partial charge in [0.15, 0.2) is 0 Å². The van der Waals surface area contributed by atoms with Crippen LogP contribution in [-0.4, -0.2) is 52.1 Å². The van der Waals surface area contributed by atoms with Crippen molar-refractivity contribution >= 4 is 28.4 Å². The normalized spacial score (nSPS) is 11.1. The molecule has 0 spiro atoms. The summed E-state index contributed by atoms with van der Waals surface area (Å²) in [5.74, 6) is -0.457. The van der Waals surface area contributed by atoms with E-state index >= 15 is 0 Å². The van der Waals surface area contributed by atoms with Crippen molar-refractivity contribution in [1.29, 1.82) is 0 Å². The molecule has 0 aromatic heterocycles. The fourth-order valence-electron chi connectivity index (χ4n) is 1.95. The van der Waals surface area contributed by atoms with Crippen LogP contribution >= 0.6 is 12.4 Å². The van der Waals surface area contributed by atoms with E-state index in [1.165, 1.54) is 24.3 Å². The first kappa shape index (κ1) is 21.9. The Morgan fingerprint density at radius 3 is 2.17 bits per heavy atom. The standard InChI is InChI=1S/C15H24N2O4S.ClH/c1-4-17(5-2)12-11-16-22(19,20)14-9-7-13(8-10-14)15(18)21-6-3;/h7-10,16H,4-6,11-12H2,1-3H3;1H. The minimum absolute atomic E-state index is 0. The number of halogens is 1. The lowest BCUT2D eigenvalue weighted by Crippen LogP contribution is -2.34. The number of rotatable bonds is 9. The number of likely N-dealkylation sites (N-methyl/N-ethyl adjacent to an activating group) is 1. The highest BCUT2D eigenvalue weighted by molar-refractivity contribution is 7.89. The van der Waals surface area contributed by atoms with Gasteiger partial charge >= 0.3 is 5.97 Å². The molecule has 0 saturated heterocycles. The molecule has 8 heteroatoms. The number of benzene rings is 1. The predicted molar refractivity (Wildman–Crippen MR) is 92.6 cm³/mol. The lowest BCUT2D eigenvalue weighted by atomic mass is 10.2. The molecule has 0 amide bonds. The van der Waals surface area contributed by atoms with E-state index in [0.29, 0.717) is 18.7 Å². The van der Waals surface area contributed by atoms with Gasteiger partial charge in [-0.2, -0.15) is 0 Å². The van der Waals surface area contributed by atoms with Crippen LogP contribution in [-0.2, 0) is 14.8 Å². The molecule has 1 aromatic carbocycles. The third-order valence-corrected chi connectivity index (χ3v) is 4.77. The van der Waals surface area contributed by atoms with Crippen LogP contribution in [0.15, 0.2) is 29.2 Å². The SMILES string of the molecule is CCOC(=O)c1ccc(S(=O)(=O)NCCN(CC)CC)cc1.Cl. The lowest BCUT2D eigenvalue weighted by molar-refractivity contribution is 0.0526. The number of hydrogen-bond donors (Lipinski definition) is 1. The fraction of sp³-hybridized carbons (Fsp3) is 0.533. The van der Waals surface area contributed by atoms with E-state index in [0.717, 1.165) is 13.1 Å². The quantitative estimate of drug-likeness (QED) is 0.677. The van der Waals surface area contributed by atoms with Crippen molar-refractivity contribution in [2.75, 3.05) is 32.8 Å². The topological polar surface area (TPSA) is 75.7 Å². The number of esters is 1. The second kappa shape index (κ2) is 10.6. The van der Waals surface area contributed by atoms with Gasteiger partial charge in [0, 0.05) is 13.1 Å². The number of carbonyl (C=O) groups excluding carboxylic acids is 1. The van der Waals surface area contributed by atoms with Crippen molar-refractivity contribution in [1.82, 2.24) is 9.62 Å². The first-order valence-corrected chi connectivity index (χ1v) is 8.92. The zero-order chi connectivity index (χ0) is 16.6. The summed E-state index contributed by atoms with van der Waals surface area (Å²) in [5, 5.41) is 0. The van der Waals surface area contributed by atoms with Gasteiger partial charge in [0.1, 0.15) is 0 Å². The minimum atomic E-state index is -3.56. The van der Waals surface area contributed by atoms with Crippen molar-refractivity contribution in [2.24, 2.45) is 0 Å². The summed E-state index contributed by atoms with van der Waals surface area (Å²) in [4.78, 5) is 13.8. The molecule has 0 heterocycles. The van der Waals surface area contributed by atoms with Gasteiger partial charge < -0.3 is 9.64 Å². The molecule has 6 nitrogen and oxygen atoms in total. The third kappa shape index (κ3) is 6.87. The Bertz CT molecular complexity index is 572. The van der Waals surface area contributed by atoms with E-state index < -0.39 is 16.0 Å². The molecule has 0 unspecified atom stereocenters. The molecule has 0 aliphatic carbocycles. The number of carbonyl (C=O) groups is 1. The maximum atomic E-state index is 12.2. The molecule has 0 radical (unpaired) electrons. The van der Waals surface area contributed by atoms with E-state index in [4.69, 9.17) is 4.74 Å². The highest BCUT2D eigenvalue weighted by atomic mass is 35.5. The van der Waals surface area contributed by atoms with E-state index in [2.05, 4.69) is 9.62 Å². The van der Waals surface area contributed by atoms with E-state index in [1.807, 2.05) is 13.8 Å². The van der Waals surface area contributed by atoms with Crippen LogP contribution in [0.3, 0.4) is 0 Å². The first-order chi connectivity index (χ1) is 10.4. The van der Waals surface area contributed by atoms with E-state index in [-0.39, 0.29) is 23.9 Å². The Morgan fingerprint density at radius 2 is 1.70 bits per heavy atom. The number of ether oxygens (including phenoxy) is 1. The van der Waals surface area contributed by atoms with Gasteiger partial charge in [-0.15, -0.1) is 12.4 Å². The van der Waals surface area contributed by atoms with Gasteiger partial charge in [0.25, 0.3) is 0 Å². The van der Waals surface area contributed by atoms with Gasteiger partial charge in [-0.25, -0.2) is 17.9 Å². The minimum Gasteiger partial charge on any atom is -0.462 e. The third-order valence-electron chi connectivity index (χ3n) is 3.29. The first-order valence-electron chi connectivity index (χ1n) is 7.43. The molecule has 0 bridgehead atoms. The Balaban J connectivity index is 0.00000484. The van der Waals surface area contributed by atoms with Crippen molar-refractivity contribution in [3.8, 4) is 0 Å². The molecule has 0 atom stereocenters. The Hall–Kier alpha value is -1.15. The van der Waals surface area contributed by atoms with Crippen molar-refractivity contribution in [3.05, 3.63) is 29.8 Å². The molecule has 0 fully saturated rings. The van der Waals surface area contributed by atoms with E-state index in [1.54, 1.807) is 6.92 Å². The molecule has 132 valence electrons. The molecule has 1 rings (SSSR count). The maximum Gasteiger partial charge on any atom is 0.338 e. The van der Waals surface area contributed by atoms with E-state index in [9.17, 15) is 13.2 Å². The molecule has 1 aromatic rings. The Kier molecular flexibility index (Phi) is 10.1. The highest BCUT2D eigenvalue weighted by Crippen LogP contribution is 2.11. The molecule has 0 aliphatic heterocycles. The molecule has 23 heavy (non-hydrogen) atoms. The zero-order valence-corrected chi connectivity index (χ0v) is 15.4. The van der Waals surface area contributed by atoms with Gasteiger partial charge in [-0.1, -0.05) is 13.8 Å². The van der Waals surface area contributed by atoms with Crippen LogP contribution in [0, 0.1) is 0 Å². The lowest BCUT2D eigenvalue weighted by Gasteiger charge is -2.18. The van der Waals surface area contributed by atoms with Crippen molar-refractivity contribution in [2.45, 2.75) is 25.7 Å². The summed E-state index contributed by atoms with van der Waals surface area (Å²) in [6.45, 7) is 8.84. The zero-order valence-electron chi connectivity index (χ0n) is 13.7. The summed E-state index contributed by atoms with van der Waals surface area (Å²) >= 11 is 0. The average Bonchev–Trinajstić information content (AvgIpc) is 2.52. The van der Waals surface area contributed by atoms with Crippen molar-refractivity contribution < 1.29 is 17.9 Å². The monoisotopic (exact) mass is 364 g/mol. The van der Waals surface area contributed by atoms with Crippen molar-refractivity contribution in [3.63, 3.8) is 0 Å². The van der Waals surface area contributed by atoms with Crippen LogP contribution < -0.4 is 4.72 Å². The van der Waals surface area contributed by atoms with Crippen LogP contribution in [0.5, 0.6) is 0 Å². The fourth-order valence-corrected chi connectivity index (χ4v) is 2.97. The largest absolute Gasteiger partial charge is 0.462 e. The van der Waals surface area contributed by atoms with Crippen LogP contribution in [0.2, 0.25) is 0 Å². The van der Waals surface area contributed by atoms with Crippen LogP contribution in [0.25, 0.3) is 0 Å². The maximum absolute atomic E-state index is 12.2. The second-order valence-corrected chi connectivity index (χ2v) is 6.44. The Labute approximate surface area is 144 Å². The molecular formula is C15H25ClN2O4S. The summed E-state index contributed by atoms with van der Waals surface area (Å²) in [6, 6.07) is 5.73. The number of nitrogens with zero attached hydrogens (tertiary/aromatic N) is 1. The predicted octanol–water partition coefficient (Wildman–Crippen LogP) is 1.91. The van der Waals surface area contributed by atoms with Gasteiger partial charge in [-0.05, 0) is 44.3 Å². The van der Waals surface area contributed by atoms with Crippen LogP contribution in [0.1, 0.15) is 31.1 Å². The molecule has 0 saturated carbocycles. The summed E-state index contributed by atoms with van der Waals surface area (Å²) in [7, 11) is -3.56. The highest BCUT2D eigenvalue weighted by Gasteiger charge is 2.15. The summed E-state index contributed by atoms with van der Waals surface area (Å²) in [5.41, 5.74) is 0.337. The van der Waals surface area contributed by atoms with Gasteiger partial charge in [0.2, 0.25) is 10.0 Å². The average molecular weight is 365 g/mol. The summed E-state index contributed by atoms with van der Waals surface area (Å²) < 4.78 is 31.7. The molecule has 1 N–H and O–H groups in total. The second-order valence-electron chi connectivity index (χ2n) is 4.67. The van der Waals surface area contributed by atoms with Gasteiger partial charge in [0.05, 0.1) is 17.1 Å². The number of hydrogen-bond acceptors (Lipinski definition) is 5. The smallest absolute Gasteiger partial charge is 0.338 e. The number of sulfonamides is 1. The molecule has 0 aliphatic rings. The molecular weight excluding hydrogens is 340 g/mol.